The number of aryl methyl sites for hydroxylation is 1. The number of unbranched alkanes of at least 4 members (excludes halogenated alkanes) is 1. The van der Waals surface area contributed by atoms with Gasteiger partial charge in [0.25, 0.3) is 0 Å². The molecule has 0 radical (unpaired) electrons. The Balaban J connectivity index is 2.20. The molecule has 0 saturated carbocycles. The molecule has 0 saturated heterocycles. The second kappa shape index (κ2) is 7.40. The van der Waals surface area contributed by atoms with Gasteiger partial charge in [0.2, 0.25) is 0 Å². The first-order valence-electron chi connectivity index (χ1n) is 6.17. The van der Waals surface area contributed by atoms with Crippen molar-refractivity contribution in [2.45, 2.75) is 25.8 Å². The molecule has 106 valence electrons. The number of carbonyl (C=O) groups is 2. The Morgan fingerprint density at radius 3 is 2.79 bits per heavy atom. The number of hydrogen-bond acceptors (Lipinski definition) is 3. The molecule has 0 aliphatic heterocycles. The minimum absolute atomic E-state index is 0.140. The lowest BCUT2D eigenvalue weighted by atomic mass is 10.2. The van der Waals surface area contributed by atoms with Crippen LogP contribution >= 0.6 is 0 Å². The Kier molecular flexibility index (Phi) is 5.84. The summed E-state index contributed by atoms with van der Waals surface area (Å²) in [6, 6.07) is -0.167. The first-order chi connectivity index (χ1) is 8.99. The number of urea groups is 1. The quantitative estimate of drug-likeness (QED) is 0.717. The fraction of sp³-hybridized carbons (Fsp3) is 0.583. The molecule has 0 fully saturated rings. The highest BCUT2D eigenvalue weighted by molar-refractivity contribution is 5.73. The van der Waals surface area contributed by atoms with Gasteiger partial charge in [-0.2, -0.15) is 5.10 Å². The maximum atomic E-state index is 11.7. The van der Waals surface area contributed by atoms with E-state index in [0.717, 1.165) is 5.56 Å². The summed E-state index contributed by atoms with van der Waals surface area (Å²) in [6.07, 6.45) is 4.95. The van der Waals surface area contributed by atoms with Gasteiger partial charge in [-0.25, -0.2) is 4.79 Å². The lowest BCUT2D eigenvalue weighted by Gasteiger charge is -2.16. The summed E-state index contributed by atoms with van der Waals surface area (Å²) in [7, 11) is 3.53. The molecule has 0 spiro atoms. The van der Waals surface area contributed by atoms with Crippen molar-refractivity contribution in [3.8, 4) is 0 Å². The lowest BCUT2D eigenvalue weighted by molar-refractivity contribution is -0.137. The van der Waals surface area contributed by atoms with Crippen molar-refractivity contribution in [1.29, 1.82) is 0 Å². The number of nitrogens with zero attached hydrogens (tertiary/aromatic N) is 3. The van der Waals surface area contributed by atoms with Gasteiger partial charge in [-0.1, -0.05) is 0 Å². The topological polar surface area (TPSA) is 87.5 Å². The highest BCUT2D eigenvalue weighted by Gasteiger charge is 2.09. The highest BCUT2D eigenvalue weighted by atomic mass is 16.4. The third-order valence-electron chi connectivity index (χ3n) is 2.62. The highest BCUT2D eigenvalue weighted by Crippen LogP contribution is 2.01. The Bertz CT molecular complexity index is 430. The average molecular weight is 268 g/mol. The summed E-state index contributed by atoms with van der Waals surface area (Å²) >= 11 is 0. The fourth-order valence-corrected chi connectivity index (χ4v) is 1.63. The zero-order valence-electron chi connectivity index (χ0n) is 11.3. The molecule has 1 aromatic heterocycles. The van der Waals surface area contributed by atoms with Crippen LogP contribution in [0.15, 0.2) is 12.4 Å². The van der Waals surface area contributed by atoms with E-state index < -0.39 is 5.97 Å². The molecule has 7 heteroatoms. The van der Waals surface area contributed by atoms with Gasteiger partial charge in [-0.05, 0) is 12.8 Å². The molecule has 2 amide bonds. The molecule has 0 bridgehead atoms. The summed E-state index contributed by atoms with van der Waals surface area (Å²) in [6.45, 7) is 0.984. The standard InChI is InChI=1S/C12H20N4O3/c1-15(8-10-7-14-16(2)9-10)12(19)13-6-4-3-5-11(17)18/h7,9H,3-6,8H2,1-2H3,(H,13,19)(H,17,18). The third kappa shape index (κ3) is 5.89. The van der Waals surface area contributed by atoms with Crippen molar-refractivity contribution >= 4 is 12.0 Å². The van der Waals surface area contributed by atoms with E-state index in [1.807, 2.05) is 13.2 Å². The second-order valence-corrected chi connectivity index (χ2v) is 4.46. The van der Waals surface area contributed by atoms with E-state index >= 15 is 0 Å². The Morgan fingerprint density at radius 2 is 2.21 bits per heavy atom. The summed E-state index contributed by atoms with van der Waals surface area (Å²) in [5.41, 5.74) is 0.964. The number of aromatic nitrogens is 2. The van der Waals surface area contributed by atoms with E-state index in [1.54, 1.807) is 22.8 Å². The number of amides is 2. The van der Waals surface area contributed by atoms with Crippen LogP contribution in [0.3, 0.4) is 0 Å². The zero-order chi connectivity index (χ0) is 14.3. The SMILES string of the molecule is CN(Cc1cnn(C)c1)C(=O)NCCCCC(=O)O. The van der Waals surface area contributed by atoms with Gasteiger partial charge >= 0.3 is 12.0 Å². The van der Waals surface area contributed by atoms with E-state index in [4.69, 9.17) is 5.11 Å². The molecule has 0 unspecified atom stereocenters. The normalized spacial score (nSPS) is 10.2. The van der Waals surface area contributed by atoms with Gasteiger partial charge in [0, 0.05) is 38.8 Å². The zero-order valence-corrected chi connectivity index (χ0v) is 11.3. The van der Waals surface area contributed by atoms with Crippen molar-refractivity contribution in [2.75, 3.05) is 13.6 Å². The number of carbonyl (C=O) groups excluding carboxylic acids is 1. The predicted molar refractivity (Wildman–Crippen MR) is 69.6 cm³/mol. The van der Waals surface area contributed by atoms with Crippen LogP contribution < -0.4 is 5.32 Å². The van der Waals surface area contributed by atoms with E-state index in [1.165, 1.54) is 0 Å². The van der Waals surface area contributed by atoms with Crippen LogP contribution in [0.2, 0.25) is 0 Å². The third-order valence-corrected chi connectivity index (χ3v) is 2.62. The molecule has 0 aliphatic carbocycles. The van der Waals surface area contributed by atoms with E-state index in [0.29, 0.717) is 25.9 Å². The van der Waals surface area contributed by atoms with Gasteiger partial charge in [-0.3, -0.25) is 9.48 Å². The van der Waals surface area contributed by atoms with Gasteiger partial charge in [0.15, 0.2) is 0 Å². The number of hydrogen-bond donors (Lipinski definition) is 2. The summed E-state index contributed by atoms with van der Waals surface area (Å²) in [4.78, 5) is 23.6. The maximum Gasteiger partial charge on any atom is 0.317 e. The van der Waals surface area contributed by atoms with Gasteiger partial charge < -0.3 is 15.3 Å². The molecule has 1 rings (SSSR count). The number of nitrogens with one attached hydrogen (secondary N) is 1. The van der Waals surface area contributed by atoms with Crippen LogP contribution in [0.5, 0.6) is 0 Å². The molecule has 19 heavy (non-hydrogen) atoms. The smallest absolute Gasteiger partial charge is 0.317 e. The van der Waals surface area contributed by atoms with Crippen LogP contribution in [-0.4, -0.2) is 45.4 Å². The Hall–Kier alpha value is -2.05. The van der Waals surface area contributed by atoms with Crippen molar-refractivity contribution in [2.24, 2.45) is 7.05 Å². The molecule has 1 aromatic rings. The molecular formula is C12H20N4O3. The van der Waals surface area contributed by atoms with Crippen LogP contribution in [0.4, 0.5) is 4.79 Å². The van der Waals surface area contributed by atoms with Crippen molar-refractivity contribution in [3.63, 3.8) is 0 Å². The van der Waals surface area contributed by atoms with E-state index in [9.17, 15) is 9.59 Å². The minimum atomic E-state index is -0.806. The maximum absolute atomic E-state index is 11.7. The molecule has 7 nitrogen and oxygen atoms in total. The van der Waals surface area contributed by atoms with Crippen molar-refractivity contribution in [3.05, 3.63) is 18.0 Å². The summed E-state index contributed by atoms with van der Waals surface area (Å²) in [5.74, 6) is -0.806. The number of carboxylic acids is 1. The van der Waals surface area contributed by atoms with Gasteiger partial charge in [0.1, 0.15) is 0 Å². The number of rotatable bonds is 7. The molecule has 0 aliphatic rings. The van der Waals surface area contributed by atoms with Gasteiger partial charge in [-0.15, -0.1) is 0 Å². The predicted octanol–water partition coefficient (Wildman–Crippen LogP) is 0.816. The largest absolute Gasteiger partial charge is 0.481 e. The molecule has 0 aromatic carbocycles. The van der Waals surface area contributed by atoms with E-state index in [-0.39, 0.29) is 12.5 Å². The number of carboxylic acid groups (broad SMARTS) is 1. The molecule has 0 atom stereocenters. The van der Waals surface area contributed by atoms with Crippen LogP contribution in [0, 0.1) is 0 Å². The molecule has 2 N–H and O–H groups in total. The van der Waals surface area contributed by atoms with Crippen LogP contribution in [-0.2, 0) is 18.4 Å². The monoisotopic (exact) mass is 268 g/mol. The van der Waals surface area contributed by atoms with Crippen LogP contribution in [0.1, 0.15) is 24.8 Å². The van der Waals surface area contributed by atoms with Crippen molar-refractivity contribution < 1.29 is 14.7 Å². The first kappa shape index (κ1) is 15.0. The van der Waals surface area contributed by atoms with Crippen molar-refractivity contribution in [1.82, 2.24) is 20.0 Å². The minimum Gasteiger partial charge on any atom is -0.481 e. The molecular weight excluding hydrogens is 248 g/mol. The molecule has 1 heterocycles. The average Bonchev–Trinajstić information content (AvgIpc) is 2.73. The summed E-state index contributed by atoms with van der Waals surface area (Å²) in [5, 5.41) is 15.3. The summed E-state index contributed by atoms with van der Waals surface area (Å²) < 4.78 is 1.69. The first-order valence-corrected chi connectivity index (χ1v) is 6.17. The lowest BCUT2D eigenvalue weighted by Crippen LogP contribution is -2.37. The van der Waals surface area contributed by atoms with E-state index in [2.05, 4.69) is 10.4 Å². The number of aliphatic carboxylic acids is 1. The van der Waals surface area contributed by atoms with Crippen LogP contribution in [0.25, 0.3) is 0 Å². The second-order valence-electron chi connectivity index (χ2n) is 4.46. The fourth-order valence-electron chi connectivity index (χ4n) is 1.63. The van der Waals surface area contributed by atoms with Gasteiger partial charge in [0.05, 0.1) is 12.7 Å². The Morgan fingerprint density at radius 1 is 1.47 bits per heavy atom. The Labute approximate surface area is 112 Å².